The third kappa shape index (κ3) is 7.34. The lowest BCUT2D eigenvalue weighted by molar-refractivity contribution is -0.117. The summed E-state index contributed by atoms with van der Waals surface area (Å²) in [4.78, 5) is 28.2. The largest absolute Gasteiger partial charge is 0.366 e. The van der Waals surface area contributed by atoms with Crippen molar-refractivity contribution in [2.45, 2.75) is 67.3 Å². The zero-order valence-electron chi connectivity index (χ0n) is 21.7. The van der Waals surface area contributed by atoms with Crippen molar-refractivity contribution < 1.29 is 9.59 Å². The average Bonchev–Trinajstić information content (AvgIpc) is 2.75. The van der Waals surface area contributed by atoms with Crippen LogP contribution in [0.4, 0.5) is 11.4 Å². The smallest absolute Gasteiger partial charge is 0.253 e. The summed E-state index contributed by atoms with van der Waals surface area (Å²) >= 11 is 0. The maximum Gasteiger partial charge on any atom is 0.253 e. The standard InChI is InChI=1S/C29H41N3O2/c1-20(2)18-30-28(34)25-16-24(31-27(33)15-21(3)17-29(4,5)6)11-12-26(25)32-14-13-22-9-7-8-10-23(22)19-32/h7-12,16,20-21H,13-15,17-19H2,1-6H3,(H,30,34)(H,31,33)/t21-/m1/s1. The van der Waals surface area contributed by atoms with E-state index in [4.69, 9.17) is 0 Å². The highest BCUT2D eigenvalue weighted by Crippen LogP contribution is 2.30. The van der Waals surface area contributed by atoms with Crippen LogP contribution < -0.4 is 15.5 Å². The molecule has 5 heteroatoms. The van der Waals surface area contributed by atoms with E-state index >= 15 is 0 Å². The monoisotopic (exact) mass is 463 g/mol. The Labute approximate surface area is 205 Å². The van der Waals surface area contributed by atoms with E-state index < -0.39 is 0 Å². The second-order valence-corrected chi connectivity index (χ2v) is 11.4. The number of nitrogens with one attached hydrogen (secondary N) is 2. The first kappa shape index (κ1) is 25.8. The van der Waals surface area contributed by atoms with Crippen LogP contribution in [0.25, 0.3) is 0 Å². The number of amides is 2. The van der Waals surface area contributed by atoms with Crippen LogP contribution >= 0.6 is 0 Å². The molecule has 2 aromatic rings. The van der Waals surface area contributed by atoms with E-state index in [1.807, 2.05) is 18.2 Å². The summed E-state index contributed by atoms with van der Waals surface area (Å²) in [5.41, 5.74) is 5.06. The molecule has 2 N–H and O–H groups in total. The zero-order valence-corrected chi connectivity index (χ0v) is 21.7. The lowest BCUT2D eigenvalue weighted by Crippen LogP contribution is -2.34. The molecule has 0 spiro atoms. The topological polar surface area (TPSA) is 61.4 Å². The van der Waals surface area contributed by atoms with Gasteiger partial charge < -0.3 is 15.5 Å². The summed E-state index contributed by atoms with van der Waals surface area (Å²) < 4.78 is 0. The second kappa shape index (κ2) is 11.1. The molecular weight excluding hydrogens is 422 g/mol. The average molecular weight is 464 g/mol. The molecule has 0 saturated carbocycles. The van der Waals surface area contributed by atoms with Gasteiger partial charge in [0.25, 0.3) is 5.91 Å². The number of benzene rings is 2. The van der Waals surface area contributed by atoms with Gasteiger partial charge in [-0.3, -0.25) is 9.59 Å². The molecule has 0 aliphatic carbocycles. The van der Waals surface area contributed by atoms with Crippen molar-refractivity contribution in [3.8, 4) is 0 Å². The van der Waals surface area contributed by atoms with Crippen molar-refractivity contribution in [3.05, 3.63) is 59.2 Å². The van der Waals surface area contributed by atoms with E-state index in [0.29, 0.717) is 36.1 Å². The minimum Gasteiger partial charge on any atom is -0.366 e. The molecule has 184 valence electrons. The van der Waals surface area contributed by atoms with Gasteiger partial charge in [0, 0.05) is 37.4 Å². The van der Waals surface area contributed by atoms with Gasteiger partial charge in [0.15, 0.2) is 0 Å². The Bertz CT molecular complexity index is 1010. The number of carbonyl (C=O) groups excluding carboxylic acids is 2. The summed E-state index contributed by atoms with van der Waals surface area (Å²) in [6.07, 6.45) is 2.41. The highest BCUT2D eigenvalue weighted by Gasteiger charge is 2.23. The van der Waals surface area contributed by atoms with Gasteiger partial charge in [-0.2, -0.15) is 0 Å². The molecule has 0 saturated heterocycles. The maximum absolute atomic E-state index is 13.2. The fraction of sp³-hybridized carbons (Fsp3) is 0.517. The van der Waals surface area contributed by atoms with Gasteiger partial charge in [-0.25, -0.2) is 0 Å². The van der Waals surface area contributed by atoms with Gasteiger partial charge in [0.05, 0.1) is 5.56 Å². The van der Waals surface area contributed by atoms with Crippen molar-refractivity contribution in [1.82, 2.24) is 5.32 Å². The normalized spacial score (nSPS) is 14.5. The first-order chi connectivity index (χ1) is 16.0. The number of rotatable bonds is 8. The van der Waals surface area contributed by atoms with Crippen LogP contribution in [0.5, 0.6) is 0 Å². The summed E-state index contributed by atoms with van der Waals surface area (Å²) in [7, 11) is 0. The van der Waals surface area contributed by atoms with Crippen molar-refractivity contribution in [2.75, 3.05) is 23.3 Å². The Morgan fingerprint density at radius 1 is 1.03 bits per heavy atom. The number of fused-ring (bicyclic) bond motifs is 1. The first-order valence-electron chi connectivity index (χ1n) is 12.6. The Morgan fingerprint density at radius 3 is 2.41 bits per heavy atom. The predicted octanol–water partition coefficient (Wildman–Crippen LogP) is 6.04. The molecule has 0 bridgehead atoms. The fourth-order valence-corrected chi connectivity index (χ4v) is 4.81. The number of nitrogens with zero attached hydrogens (tertiary/aromatic N) is 1. The number of hydrogen-bond donors (Lipinski definition) is 2. The van der Waals surface area contributed by atoms with E-state index in [-0.39, 0.29) is 17.2 Å². The van der Waals surface area contributed by atoms with Gasteiger partial charge in [0.2, 0.25) is 5.91 Å². The lowest BCUT2D eigenvalue weighted by Gasteiger charge is -2.32. The Hall–Kier alpha value is -2.82. The molecule has 0 aromatic heterocycles. The van der Waals surface area contributed by atoms with Gasteiger partial charge in [-0.15, -0.1) is 0 Å². The van der Waals surface area contributed by atoms with Crippen molar-refractivity contribution >= 4 is 23.2 Å². The van der Waals surface area contributed by atoms with E-state index in [1.165, 1.54) is 11.1 Å². The van der Waals surface area contributed by atoms with Crippen molar-refractivity contribution in [1.29, 1.82) is 0 Å². The molecule has 0 fully saturated rings. The van der Waals surface area contributed by atoms with Crippen LogP contribution in [0.3, 0.4) is 0 Å². The molecule has 1 atom stereocenters. The fourth-order valence-electron chi connectivity index (χ4n) is 4.81. The summed E-state index contributed by atoms with van der Waals surface area (Å²) in [6.45, 7) is 15.1. The molecule has 5 nitrogen and oxygen atoms in total. The van der Waals surface area contributed by atoms with E-state index in [2.05, 4.69) is 81.3 Å². The van der Waals surface area contributed by atoms with Crippen LogP contribution in [-0.4, -0.2) is 24.9 Å². The molecule has 0 radical (unpaired) electrons. The molecule has 2 aromatic carbocycles. The summed E-state index contributed by atoms with van der Waals surface area (Å²) in [6, 6.07) is 14.2. The molecule has 0 unspecified atom stereocenters. The third-order valence-corrected chi connectivity index (χ3v) is 6.16. The van der Waals surface area contributed by atoms with E-state index in [9.17, 15) is 9.59 Å². The number of hydrogen-bond acceptors (Lipinski definition) is 3. The van der Waals surface area contributed by atoms with Gasteiger partial charge >= 0.3 is 0 Å². The highest BCUT2D eigenvalue weighted by atomic mass is 16.2. The number of carbonyl (C=O) groups is 2. The maximum atomic E-state index is 13.2. The van der Waals surface area contributed by atoms with Crippen LogP contribution in [0.2, 0.25) is 0 Å². The predicted molar refractivity (Wildman–Crippen MR) is 141 cm³/mol. The van der Waals surface area contributed by atoms with Crippen molar-refractivity contribution in [3.63, 3.8) is 0 Å². The quantitative estimate of drug-likeness (QED) is 0.502. The van der Waals surface area contributed by atoms with Crippen LogP contribution in [-0.2, 0) is 17.8 Å². The molecule has 34 heavy (non-hydrogen) atoms. The van der Waals surface area contributed by atoms with Gasteiger partial charge in [-0.05, 0) is 59.4 Å². The van der Waals surface area contributed by atoms with Crippen molar-refractivity contribution in [2.24, 2.45) is 17.3 Å². The summed E-state index contributed by atoms with van der Waals surface area (Å²) in [5, 5.41) is 6.08. The zero-order chi connectivity index (χ0) is 24.9. The molecule has 2 amide bonds. The molecule has 1 heterocycles. The molecular formula is C29H41N3O2. The minimum absolute atomic E-state index is 0.00932. The van der Waals surface area contributed by atoms with Crippen LogP contribution in [0, 0.1) is 17.3 Å². The van der Waals surface area contributed by atoms with Crippen LogP contribution in [0.1, 0.15) is 75.9 Å². The Morgan fingerprint density at radius 2 is 1.74 bits per heavy atom. The second-order valence-electron chi connectivity index (χ2n) is 11.4. The SMILES string of the molecule is CC(C)CNC(=O)c1cc(NC(=O)C[C@@H](C)CC(C)(C)C)ccc1N1CCc2ccccc2C1. The summed E-state index contributed by atoms with van der Waals surface area (Å²) in [5.74, 6) is 0.549. The lowest BCUT2D eigenvalue weighted by atomic mass is 9.84. The first-order valence-corrected chi connectivity index (χ1v) is 12.6. The van der Waals surface area contributed by atoms with Crippen LogP contribution in [0.15, 0.2) is 42.5 Å². The molecule has 1 aliphatic rings. The number of anilines is 2. The van der Waals surface area contributed by atoms with E-state index in [0.717, 1.165) is 31.6 Å². The highest BCUT2D eigenvalue weighted by molar-refractivity contribution is 6.02. The molecule has 1 aliphatic heterocycles. The Kier molecular flexibility index (Phi) is 8.40. The van der Waals surface area contributed by atoms with E-state index in [1.54, 1.807) is 0 Å². The van der Waals surface area contributed by atoms with Gasteiger partial charge in [0.1, 0.15) is 0 Å². The molecule has 3 rings (SSSR count). The van der Waals surface area contributed by atoms with Gasteiger partial charge in [-0.1, -0.05) is 65.8 Å². The third-order valence-electron chi connectivity index (χ3n) is 6.16. The minimum atomic E-state index is -0.0974. The Balaban J connectivity index is 1.80.